The highest BCUT2D eigenvalue weighted by molar-refractivity contribution is 6.06. The van der Waals surface area contributed by atoms with Crippen LogP contribution < -0.4 is 0 Å². The fourth-order valence-electron chi connectivity index (χ4n) is 2.08. The van der Waals surface area contributed by atoms with E-state index in [0.717, 1.165) is 11.3 Å². The lowest BCUT2D eigenvalue weighted by molar-refractivity contribution is -0.140. The van der Waals surface area contributed by atoms with Crippen LogP contribution in [0.5, 0.6) is 0 Å². The Balaban J connectivity index is 2.06. The Morgan fingerprint density at radius 2 is 1.78 bits per heavy atom. The van der Waals surface area contributed by atoms with E-state index in [1.54, 1.807) is 24.4 Å². The largest absolute Gasteiger partial charge is 0.349 e. The predicted octanol–water partition coefficient (Wildman–Crippen LogP) is 4.05. The third-order valence-electron chi connectivity index (χ3n) is 3.20. The summed E-state index contributed by atoms with van der Waals surface area (Å²) in [5.41, 5.74) is 2.27. The van der Waals surface area contributed by atoms with Crippen molar-refractivity contribution in [2.45, 2.75) is 20.1 Å². The summed E-state index contributed by atoms with van der Waals surface area (Å²) in [7, 11) is 0. The van der Waals surface area contributed by atoms with Crippen LogP contribution >= 0.6 is 0 Å². The standard InChI is InChI=1S/C19H21NO3/c1-3-22-19(23-4-2)16-10-8-15(9-11-16)18(21)13-12-17-7-5-6-14-20-17/h5-14,19H,3-4H2,1-2H3. The van der Waals surface area contributed by atoms with Crippen molar-refractivity contribution in [2.24, 2.45) is 0 Å². The van der Waals surface area contributed by atoms with E-state index in [1.165, 1.54) is 6.08 Å². The number of rotatable bonds is 8. The number of pyridine rings is 1. The SMILES string of the molecule is CCOC(OCC)c1ccc(C(=O)C=Cc2ccccn2)cc1. The molecule has 0 spiro atoms. The van der Waals surface area contributed by atoms with Crippen LogP contribution in [0.15, 0.2) is 54.7 Å². The molecule has 0 saturated carbocycles. The van der Waals surface area contributed by atoms with Crippen LogP contribution in [0.3, 0.4) is 0 Å². The fourth-order valence-corrected chi connectivity index (χ4v) is 2.08. The van der Waals surface area contributed by atoms with Crippen LogP contribution in [-0.2, 0) is 9.47 Å². The summed E-state index contributed by atoms with van der Waals surface area (Å²) >= 11 is 0. The van der Waals surface area contributed by atoms with Gasteiger partial charge >= 0.3 is 0 Å². The van der Waals surface area contributed by atoms with Gasteiger partial charge < -0.3 is 9.47 Å². The van der Waals surface area contributed by atoms with Crippen LogP contribution in [0.2, 0.25) is 0 Å². The number of carbonyl (C=O) groups is 1. The number of ether oxygens (including phenoxy) is 2. The van der Waals surface area contributed by atoms with Gasteiger partial charge in [0.2, 0.25) is 0 Å². The first-order chi connectivity index (χ1) is 11.2. The molecule has 0 aliphatic carbocycles. The summed E-state index contributed by atoms with van der Waals surface area (Å²) in [6.07, 6.45) is 4.54. The number of aromatic nitrogens is 1. The van der Waals surface area contributed by atoms with E-state index in [2.05, 4.69) is 4.98 Å². The molecule has 0 unspecified atom stereocenters. The van der Waals surface area contributed by atoms with Gasteiger partial charge in [0.1, 0.15) is 0 Å². The first kappa shape index (κ1) is 17.1. The van der Waals surface area contributed by atoms with Gasteiger partial charge in [0, 0.05) is 30.5 Å². The molecule has 120 valence electrons. The third-order valence-corrected chi connectivity index (χ3v) is 3.20. The smallest absolute Gasteiger partial charge is 0.185 e. The van der Waals surface area contributed by atoms with Crippen LogP contribution in [0.25, 0.3) is 6.08 Å². The first-order valence-corrected chi connectivity index (χ1v) is 7.71. The lowest BCUT2D eigenvalue weighted by Crippen LogP contribution is -2.09. The molecular formula is C19H21NO3. The Kier molecular flexibility index (Phi) is 6.66. The minimum absolute atomic E-state index is 0.0634. The van der Waals surface area contributed by atoms with Crippen molar-refractivity contribution < 1.29 is 14.3 Å². The Morgan fingerprint density at radius 1 is 1.09 bits per heavy atom. The zero-order chi connectivity index (χ0) is 16.5. The molecule has 4 heteroatoms. The molecule has 1 aromatic heterocycles. The first-order valence-electron chi connectivity index (χ1n) is 7.71. The monoisotopic (exact) mass is 311 g/mol. The molecule has 0 N–H and O–H groups in total. The van der Waals surface area contributed by atoms with Crippen LogP contribution in [0.1, 0.15) is 41.8 Å². The van der Waals surface area contributed by atoms with E-state index in [-0.39, 0.29) is 5.78 Å². The van der Waals surface area contributed by atoms with Gasteiger partial charge in [-0.25, -0.2) is 0 Å². The Morgan fingerprint density at radius 3 is 2.35 bits per heavy atom. The van der Waals surface area contributed by atoms with Crippen molar-refractivity contribution in [3.05, 3.63) is 71.6 Å². The topological polar surface area (TPSA) is 48.4 Å². The molecule has 2 rings (SSSR count). The van der Waals surface area contributed by atoms with E-state index in [9.17, 15) is 4.79 Å². The molecule has 0 aliphatic rings. The second kappa shape index (κ2) is 8.98. The van der Waals surface area contributed by atoms with Crippen molar-refractivity contribution in [3.63, 3.8) is 0 Å². The highest BCUT2D eigenvalue weighted by Gasteiger charge is 2.11. The van der Waals surface area contributed by atoms with Crippen LogP contribution in [0.4, 0.5) is 0 Å². The molecule has 0 bridgehead atoms. The van der Waals surface area contributed by atoms with Gasteiger partial charge in [0.05, 0.1) is 5.69 Å². The van der Waals surface area contributed by atoms with Crippen molar-refractivity contribution >= 4 is 11.9 Å². The fraction of sp³-hybridized carbons (Fsp3) is 0.263. The van der Waals surface area contributed by atoms with Gasteiger partial charge in [-0.3, -0.25) is 9.78 Å². The molecule has 0 aliphatic heterocycles. The van der Waals surface area contributed by atoms with E-state index < -0.39 is 6.29 Å². The predicted molar refractivity (Wildman–Crippen MR) is 90.0 cm³/mol. The zero-order valence-electron chi connectivity index (χ0n) is 13.4. The van der Waals surface area contributed by atoms with Crippen molar-refractivity contribution in [2.75, 3.05) is 13.2 Å². The van der Waals surface area contributed by atoms with E-state index in [1.807, 2.05) is 44.2 Å². The van der Waals surface area contributed by atoms with E-state index in [4.69, 9.17) is 9.47 Å². The Hall–Kier alpha value is -2.30. The Labute approximate surface area is 136 Å². The lowest BCUT2D eigenvalue weighted by Gasteiger charge is -2.17. The molecular weight excluding hydrogens is 290 g/mol. The second-order valence-corrected chi connectivity index (χ2v) is 4.82. The number of hydrogen-bond acceptors (Lipinski definition) is 4. The molecule has 1 heterocycles. The summed E-state index contributed by atoms with van der Waals surface area (Å²) in [6, 6.07) is 12.9. The highest BCUT2D eigenvalue weighted by Crippen LogP contribution is 2.19. The number of allylic oxidation sites excluding steroid dienone is 1. The van der Waals surface area contributed by atoms with E-state index in [0.29, 0.717) is 18.8 Å². The van der Waals surface area contributed by atoms with Crippen molar-refractivity contribution in [1.29, 1.82) is 0 Å². The maximum atomic E-state index is 12.2. The maximum absolute atomic E-state index is 12.2. The van der Waals surface area contributed by atoms with Crippen LogP contribution in [0, 0.1) is 0 Å². The third kappa shape index (κ3) is 5.13. The summed E-state index contributed by atoms with van der Waals surface area (Å²) in [4.78, 5) is 16.3. The molecule has 2 aromatic rings. The van der Waals surface area contributed by atoms with Gasteiger partial charge in [-0.15, -0.1) is 0 Å². The van der Waals surface area contributed by atoms with Gasteiger partial charge in [-0.2, -0.15) is 0 Å². The molecule has 23 heavy (non-hydrogen) atoms. The average Bonchev–Trinajstić information content (AvgIpc) is 2.60. The lowest BCUT2D eigenvalue weighted by atomic mass is 10.1. The molecule has 4 nitrogen and oxygen atoms in total. The summed E-state index contributed by atoms with van der Waals surface area (Å²) in [5.74, 6) is -0.0634. The molecule has 1 aromatic carbocycles. The quantitative estimate of drug-likeness (QED) is 0.419. The minimum Gasteiger partial charge on any atom is -0.349 e. The normalized spacial score (nSPS) is 11.3. The molecule has 0 saturated heterocycles. The number of carbonyl (C=O) groups excluding carboxylic acids is 1. The number of ketones is 1. The van der Waals surface area contributed by atoms with Gasteiger partial charge in [0.25, 0.3) is 0 Å². The van der Waals surface area contributed by atoms with Gasteiger partial charge in [-0.05, 0) is 38.1 Å². The maximum Gasteiger partial charge on any atom is 0.185 e. The molecule has 0 fully saturated rings. The molecule has 0 atom stereocenters. The van der Waals surface area contributed by atoms with Crippen molar-refractivity contribution in [3.8, 4) is 0 Å². The number of nitrogens with zero attached hydrogens (tertiary/aromatic N) is 1. The van der Waals surface area contributed by atoms with Gasteiger partial charge in [-0.1, -0.05) is 30.3 Å². The number of benzene rings is 1. The number of hydrogen-bond donors (Lipinski definition) is 0. The van der Waals surface area contributed by atoms with E-state index >= 15 is 0 Å². The molecule has 0 radical (unpaired) electrons. The van der Waals surface area contributed by atoms with Crippen LogP contribution in [-0.4, -0.2) is 24.0 Å². The Bertz CT molecular complexity index is 629. The highest BCUT2D eigenvalue weighted by atomic mass is 16.7. The summed E-state index contributed by atoms with van der Waals surface area (Å²) in [5, 5.41) is 0. The van der Waals surface area contributed by atoms with Gasteiger partial charge in [0.15, 0.2) is 12.1 Å². The summed E-state index contributed by atoms with van der Waals surface area (Å²) < 4.78 is 11.1. The molecule has 0 amide bonds. The average molecular weight is 311 g/mol. The minimum atomic E-state index is -0.391. The second-order valence-electron chi connectivity index (χ2n) is 4.82. The van der Waals surface area contributed by atoms with Crippen molar-refractivity contribution in [1.82, 2.24) is 4.98 Å². The zero-order valence-corrected chi connectivity index (χ0v) is 13.4. The summed E-state index contributed by atoms with van der Waals surface area (Å²) in [6.45, 7) is 4.98.